The lowest BCUT2D eigenvalue weighted by molar-refractivity contribution is 0.476. The summed E-state index contributed by atoms with van der Waals surface area (Å²) >= 11 is 0. The largest absolute Gasteiger partial charge is 0.508 e. The molecule has 0 aliphatic rings. The smallest absolute Gasteiger partial charge is 0.117 e. The van der Waals surface area contributed by atoms with Gasteiger partial charge in [-0.15, -0.1) is 0 Å². The standard InChI is InChI=1S/C10H12N2O/c1-12-6-7(5-11)9-3-2-8(13)4-10(9)12/h2-4,6,13H,5,11H2,1H3. The van der Waals surface area contributed by atoms with Crippen LogP contribution in [0.5, 0.6) is 5.75 Å². The van der Waals surface area contributed by atoms with E-state index >= 15 is 0 Å². The molecule has 0 radical (unpaired) electrons. The molecule has 3 N–H and O–H groups in total. The molecule has 0 aliphatic carbocycles. The molecule has 0 bridgehead atoms. The third kappa shape index (κ3) is 1.17. The molecule has 0 spiro atoms. The molecule has 0 fully saturated rings. The average molecular weight is 176 g/mol. The Kier molecular flexibility index (Phi) is 1.74. The molecule has 13 heavy (non-hydrogen) atoms. The van der Waals surface area contributed by atoms with Crippen molar-refractivity contribution in [2.75, 3.05) is 0 Å². The molecule has 2 aromatic rings. The Bertz CT molecular complexity index is 445. The first kappa shape index (κ1) is 8.13. The first-order valence-corrected chi connectivity index (χ1v) is 4.19. The molecule has 0 saturated heterocycles. The summed E-state index contributed by atoms with van der Waals surface area (Å²) in [6.45, 7) is 0.530. The summed E-state index contributed by atoms with van der Waals surface area (Å²) in [4.78, 5) is 0. The zero-order chi connectivity index (χ0) is 9.42. The maximum atomic E-state index is 9.29. The van der Waals surface area contributed by atoms with E-state index in [2.05, 4.69) is 0 Å². The molecule has 1 heterocycles. The van der Waals surface area contributed by atoms with Gasteiger partial charge >= 0.3 is 0 Å². The van der Waals surface area contributed by atoms with E-state index in [-0.39, 0.29) is 5.75 Å². The molecule has 68 valence electrons. The zero-order valence-electron chi connectivity index (χ0n) is 7.49. The zero-order valence-corrected chi connectivity index (χ0v) is 7.49. The van der Waals surface area contributed by atoms with Crippen molar-refractivity contribution in [3.05, 3.63) is 30.0 Å². The number of phenols is 1. The van der Waals surface area contributed by atoms with Crippen LogP contribution in [-0.2, 0) is 13.6 Å². The van der Waals surface area contributed by atoms with Gasteiger partial charge < -0.3 is 15.4 Å². The van der Waals surface area contributed by atoms with Gasteiger partial charge in [0.05, 0.1) is 5.52 Å². The van der Waals surface area contributed by atoms with Gasteiger partial charge in [-0.1, -0.05) is 0 Å². The van der Waals surface area contributed by atoms with E-state index in [1.807, 2.05) is 23.9 Å². The van der Waals surface area contributed by atoms with Crippen molar-refractivity contribution in [3.8, 4) is 5.75 Å². The fourth-order valence-corrected chi connectivity index (χ4v) is 1.62. The number of fused-ring (bicyclic) bond motifs is 1. The van der Waals surface area contributed by atoms with Gasteiger partial charge in [-0.3, -0.25) is 0 Å². The van der Waals surface area contributed by atoms with Gasteiger partial charge in [0, 0.05) is 31.2 Å². The van der Waals surface area contributed by atoms with Crippen LogP contribution in [0, 0.1) is 0 Å². The monoisotopic (exact) mass is 176 g/mol. The van der Waals surface area contributed by atoms with Gasteiger partial charge in [0.15, 0.2) is 0 Å². The topological polar surface area (TPSA) is 51.2 Å². The van der Waals surface area contributed by atoms with Crippen molar-refractivity contribution < 1.29 is 5.11 Å². The highest BCUT2D eigenvalue weighted by atomic mass is 16.3. The van der Waals surface area contributed by atoms with Gasteiger partial charge in [0.25, 0.3) is 0 Å². The number of aryl methyl sites for hydroxylation is 1. The number of phenolic OH excluding ortho intramolecular Hbond substituents is 1. The highest BCUT2D eigenvalue weighted by Gasteiger charge is 2.04. The van der Waals surface area contributed by atoms with Gasteiger partial charge in [0.1, 0.15) is 5.75 Å². The molecule has 1 aromatic heterocycles. The Hall–Kier alpha value is -1.48. The lowest BCUT2D eigenvalue weighted by atomic mass is 10.2. The maximum Gasteiger partial charge on any atom is 0.117 e. The summed E-state index contributed by atoms with van der Waals surface area (Å²) in [6.07, 6.45) is 1.99. The predicted octanol–water partition coefficient (Wildman–Crippen LogP) is 1.34. The number of nitrogens with zero attached hydrogens (tertiary/aromatic N) is 1. The quantitative estimate of drug-likeness (QED) is 0.689. The number of rotatable bonds is 1. The molecule has 0 aliphatic heterocycles. The summed E-state index contributed by atoms with van der Waals surface area (Å²) in [6, 6.07) is 5.32. The van der Waals surface area contributed by atoms with Crippen LogP contribution in [0.2, 0.25) is 0 Å². The summed E-state index contributed by atoms with van der Waals surface area (Å²) in [5.74, 6) is 0.289. The number of nitrogens with two attached hydrogens (primary N) is 1. The van der Waals surface area contributed by atoms with E-state index in [4.69, 9.17) is 5.73 Å². The Balaban J connectivity index is 2.80. The van der Waals surface area contributed by atoms with E-state index < -0.39 is 0 Å². The van der Waals surface area contributed by atoms with Crippen LogP contribution in [0.3, 0.4) is 0 Å². The van der Waals surface area contributed by atoms with Gasteiger partial charge in [-0.05, 0) is 17.7 Å². The molecule has 0 unspecified atom stereocenters. The lowest BCUT2D eigenvalue weighted by Gasteiger charge is -1.96. The molecular formula is C10H12N2O. The van der Waals surface area contributed by atoms with Crippen molar-refractivity contribution in [2.45, 2.75) is 6.54 Å². The van der Waals surface area contributed by atoms with E-state index in [9.17, 15) is 5.11 Å². The summed E-state index contributed by atoms with van der Waals surface area (Å²) < 4.78 is 1.97. The molecule has 3 heteroatoms. The lowest BCUT2D eigenvalue weighted by Crippen LogP contribution is -1.94. The van der Waals surface area contributed by atoms with Gasteiger partial charge in [0.2, 0.25) is 0 Å². The predicted molar refractivity (Wildman–Crippen MR) is 52.5 cm³/mol. The first-order chi connectivity index (χ1) is 6.22. The number of aromatic nitrogens is 1. The van der Waals surface area contributed by atoms with E-state index in [0.717, 1.165) is 16.5 Å². The number of benzene rings is 1. The van der Waals surface area contributed by atoms with Gasteiger partial charge in [-0.25, -0.2) is 0 Å². The summed E-state index contributed by atoms with van der Waals surface area (Å²) in [5, 5.41) is 10.4. The van der Waals surface area contributed by atoms with Crippen molar-refractivity contribution in [1.29, 1.82) is 0 Å². The molecule has 2 rings (SSSR count). The van der Waals surface area contributed by atoms with Crippen LogP contribution in [0.1, 0.15) is 5.56 Å². The second kappa shape index (κ2) is 2.78. The first-order valence-electron chi connectivity index (χ1n) is 4.19. The van der Waals surface area contributed by atoms with Crippen molar-refractivity contribution in [3.63, 3.8) is 0 Å². The number of hydrogen-bond acceptors (Lipinski definition) is 2. The van der Waals surface area contributed by atoms with Crippen LogP contribution in [-0.4, -0.2) is 9.67 Å². The molecule has 3 nitrogen and oxygen atoms in total. The Morgan fingerprint density at radius 1 is 1.46 bits per heavy atom. The van der Waals surface area contributed by atoms with Crippen LogP contribution in [0.15, 0.2) is 24.4 Å². The molecular weight excluding hydrogens is 164 g/mol. The highest BCUT2D eigenvalue weighted by molar-refractivity contribution is 5.85. The van der Waals surface area contributed by atoms with Crippen LogP contribution in [0.4, 0.5) is 0 Å². The maximum absolute atomic E-state index is 9.29. The number of aromatic hydroxyl groups is 1. The van der Waals surface area contributed by atoms with E-state index in [1.165, 1.54) is 0 Å². The fraction of sp³-hybridized carbons (Fsp3) is 0.200. The molecule has 0 atom stereocenters. The van der Waals surface area contributed by atoms with Crippen molar-refractivity contribution >= 4 is 10.9 Å². The minimum absolute atomic E-state index is 0.289. The SMILES string of the molecule is Cn1cc(CN)c2ccc(O)cc21. The van der Waals surface area contributed by atoms with Crippen LogP contribution < -0.4 is 5.73 Å². The third-order valence-electron chi connectivity index (χ3n) is 2.28. The summed E-state index contributed by atoms with van der Waals surface area (Å²) in [5.41, 5.74) is 7.71. The summed E-state index contributed by atoms with van der Waals surface area (Å²) in [7, 11) is 1.95. The van der Waals surface area contributed by atoms with Crippen LogP contribution >= 0.6 is 0 Å². The Morgan fingerprint density at radius 3 is 2.92 bits per heavy atom. The van der Waals surface area contributed by atoms with E-state index in [0.29, 0.717) is 6.54 Å². The number of hydrogen-bond donors (Lipinski definition) is 2. The molecule has 0 amide bonds. The Morgan fingerprint density at radius 2 is 2.23 bits per heavy atom. The second-order valence-corrected chi connectivity index (χ2v) is 3.17. The average Bonchev–Trinajstić information content (AvgIpc) is 2.43. The molecule has 1 aromatic carbocycles. The second-order valence-electron chi connectivity index (χ2n) is 3.17. The fourth-order valence-electron chi connectivity index (χ4n) is 1.62. The van der Waals surface area contributed by atoms with E-state index in [1.54, 1.807) is 12.1 Å². The van der Waals surface area contributed by atoms with Crippen LogP contribution in [0.25, 0.3) is 10.9 Å². The van der Waals surface area contributed by atoms with Gasteiger partial charge in [-0.2, -0.15) is 0 Å². The normalized spacial score (nSPS) is 10.9. The van der Waals surface area contributed by atoms with Crippen molar-refractivity contribution in [2.24, 2.45) is 12.8 Å². The highest BCUT2D eigenvalue weighted by Crippen LogP contribution is 2.23. The minimum Gasteiger partial charge on any atom is -0.508 e. The molecule has 0 saturated carbocycles. The third-order valence-corrected chi connectivity index (χ3v) is 2.28. The Labute approximate surface area is 76.4 Å². The minimum atomic E-state index is 0.289. The van der Waals surface area contributed by atoms with Crippen molar-refractivity contribution in [1.82, 2.24) is 4.57 Å².